The fourth-order valence-corrected chi connectivity index (χ4v) is 1.86. The normalized spacial score (nSPS) is 10.7. The number of hydrogen-bond donors (Lipinski definition) is 1. The molecule has 0 atom stereocenters. The molecule has 0 amide bonds. The zero-order chi connectivity index (χ0) is 11.5. The Morgan fingerprint density at radius 1 is 1.19 bits per heavy atom. The molecule has 2 N–H and O–H groups in total. The SMILES string of the molecule is Cc1cc(C)cc(-n2nncc2CCN)c1. The molecule has 0 aliphatic heterocycles. The van der Waals surface area contributed by atoms with Crippen molar-refractivity contribution in [3.8, 4) is 5.69 Å². The summed E-state index contributed by atoms with van der Waals surface area (Å²) in [5.74, 6) is 0. The van der Waals surface area contributed by atoms with Crippen LogP contribution in [-0.2, 0) is 6.42 Å². The van der Waals surface area contributed by atoms with Gasteiger partial charge >= 0.3 is 0 Å². The molecule has 84 valence electrons. The minimum Gasteiger partial charge on any atom is -0.330 e. The number of rotatable bonds is 3. The van der Waals surface area contributed by atoms with Gasteiger partial charge in [0.2, 0.25) is 0 Å². The summed E-state index contributed by atoms with van der Waals surface area (Å²) in [6.45, 7) is 4.77. The maximum absolute atomic E-state index is 5.56. The van der Waals surface area contributed by atoms with Crippen LogP contribution >= 0.6 is 0 Å². The third-order valence-electron chi connectivity index (χ3n) is 2.47. The molecule has 0 spiro atoms. The van der Waals surface area contributed by atoms with Gasteiger partial charge < -0.3 is 5.73 Å². The Bertz CT molecular complexity index is 467. The fourth-order valence-electron chi connectivity index (χ4n) is 1.86. The summed E-state index contributed by atoms with van der Waals surface area (Å²) in [5.41, 5.74) is 10.1. The first kappa shape index (κ1) is 10.8. The average molecular weight is 216 g/mol. The molecule has 4 nitrogen and oxygen atoms in total. The van der Waals surface area contributed by atoms with E-state index in [0.717, 1.165) is 17.8 Å². The highest BCUT2D eigenvalue weighted by Gasteiger charge is 2.06. The van der Waals surface area contributed by atoms with E-state index < -0.39 is 0 Å². The fraction of sp³-hybridized carbons (Fsp3) is 0.333. The van der Waals surface area contributed by atoms with E-state index in [1.807, 2.05) is 4.68 Å². The smallest absolute Gasteiger partial charge is 0.0730 e. The third kappa shape index (κ3) is 2.12. The number of nitrogens with zero attached hydrogens (tertiary/aromatic N) is 3. The van der Waals surface area contributed by atoms with Gasteiger partial charge in [-0.3, -0.25) is 0 Å². The standard InChI is InChI=1S/C12H16N4/c1-9-5-10(2)7-12(6-9)16-11(3-4-13)8-14-15-16/h5-8H,3-4,13H2,1-2H3. The molecule has 2 aromatic rings. The molecule has 0 radical (unpaired) electrons. The van der Waals surface area contributed by atoms with Crippen molar-refractivity contribution in [2.24, 2.45) is 5.73 Å². The van der Waals surface area contributed by atoms with Crippen LogP contribution in [0.2, 0.25) is 0 Å². The van der Waals surface area contributed by atoms with Crippen LogP contribution < -0.4 is 5.73 Å². The number of nitrogens with two attached hydrogens (primary N) is 1. The molecule has 0 bridgehead atoms. The second-order valence-corrected chi connectivity index (χ2v) is 4.02. The highest BCUT2D eigenvalue weighted by Crippen LogP contribution is 2.14. The average Bonchev–Trinajstić information content (AvgIpc) is 2.65. The van der Waals surface area contributed by atoms with Crippen LogP contribution in [0.3, 0.4) is 0 Å². The molecule has 0 saturated heterocycles. The predicted octanol–water partition coefficient (Wildman–Crippen LogP) is 1.39. The van der Waals surface area contributed by atoms with Gasteiger partial charge in [-0.05, 0) is 43.7 Å². The van der Waals surface area contributed by atoms with E-state index in [-0.39, 0.29) is 0 Å². The van der Waals surface area contributed by atoms with Gasteiger partial charge in [-0.15, -0.1) is 5.10 Å². The highest BCUT2D eigenvalue weighted by molar-refractivity contribution is 5.39. The Morgan fingerprint density at radius 2 is 1.88 bits per heavy atom. The summed E-state index contributed by atoms with van der Waals surface area (Å²) < 4.78 is 1.85. The Balaban J connectivity index is 2.45. The molecule has 0 aliphatic carbocycles. The predicted molar refractivity (Wildman–Crippen MR) is 63.6 cm³/mol. The van der Waals surface area contributed by atoms with Gasteiger partial charge in [-0.2, -0.15) is 0 Å². The third-order valence-corrected chi connectivity index (χ3v) is 2.47. The molecule has 0 aliphatic rings. The number of aromatic nitrogens is 3. The second kappa shape index (κ2) is 4.45. The number of aryl methyl sites for hydroxylation is 2. The lowest BCUT2D eigenvalue weighted by atomic mass is 10.1. The van der Waals surface area contributed by atoms with Gasteiger partial charge in [-0.1, -0.05) is 11.3 Å². The maximum atomic E-state index is 5.56. The van der Waals surface area contributed by atoms with Crippen molar-refractivity contribution >= 4 is 0 Å². The molecule has 0 saturated carbocycles. The summed E-state index contributed by atoms with van der Waals surface area (Å²) in [4.78, 5) is 0. The van der Waals surface area contributed by atoms with Gasteiger partial charge in [-0.25, -0.2) is 4.68 Å². The van der Waals surface area contributed by atoms with E-state index in [2.05, 4.69) is 42.4 Å². The minimum absolute atomic E-state index is 0.609. The zero-order valence-corrected chi connectivity index (χ0v) is 9.64. The van der Waals surface area contributed by atoms with Crippen molar-refractivity contribution < 1.29 is 0 Å². The van der Waals surface area contributed by atoms with Crippen LogP contribution in [0.5, 0.6) is 0 Å². The first-order valence-corrected chi connectivity index (χ1v) is 5.39. The van der Waals surface area contributed by atoms with Crippen LogP contribution in [0.25, 0.3) is 5.69 Å². The number of hydrogen-bond acceptors (Lipinski definition) is 3. The van der Waals surface area contributed by atoms with E-state index in [9.17, 15) is 0 Å². The molecule has 1 heterocycles. The molecule has 1 aromatic heterocycles. The van der Waals surface area contributed by atoms with Crippen molar-refractivity contribution in [2.45, 2.75) is 20.3 Å². The maximum Gasteiger partial charge on any atom is 0.0730 e. The first-order valence-electron chi connectivity index (χ1n) is 5.39. The zero-order valence-electron chi connectivity index (χ0n) is 9.64. The lowest BCUT2D eigenvalue weighted by Crippen LogP contribution is -2.09. The van der Waals surface area contributed by atoms with Gasteiger partial charge in [0.1, 0.15) is 0 Å². The Labute approximate surface area is 95.1 Å². The van der Waals surface area contributed by atoms with Crippen molar-refractivity contribution in [3.05, 3.63) is 41.2 Å². The van der Waals surface area contributed by atoms with E-state index >= 15 is 0 Å². The molecule has 1 aromatic carbocycles. The molecular formula is C12H16N4. The highest BCUT2D eigenvalue weighted by atomic mass is 15.4. The first-order chi connectivity index (χ1) is 7.70. The minimum atomic E-state index is 0.609. The molecule has 16 heavy (non-hydrogen) atoms. The van der Waals surface area contributed by atoms with Crippen LogP contribution in [0, 0.1) is 13.8 Å². The van der Waals surface area contributed by atoms with Gasteiger partial charge in [0.05, 0.1) is 17.6 Å². The molecule has 2 rings (SSSR count). The quantitative estimate of drug-likeness (QED) is 0.843. The Morgan fingerprint density at radius 3 is 2.50 bits per heavy atom. The largest absolute Gasteiger partial charge is 0.330 e. The number of benzene rings is 1. The monoisotopic (exact) mass is 216 g/mol. The van der Waals surface area contributed by atoms with E-state index in [1.54, 1.807) is 6.20 Å². The summed E-state index contributed by atoms with van der Waals surface area (Å²) in [6.07, 6.45) is 2.56. The summed E-state index contributed by atoms with van der Waals surface area (Å²) >= 11 is 0. The second-order valence-electron chi connectivity index (χ2n) is 4.02. The topological polar surface area (TPSA) is 56.7 Å². The van der Waals surface area contributed by atoms with E-state index in [0.29, 0.717) is 6.54 Å². The summed E-state index contributed by atoms with van der Waals surface area (Å²) in [5, 5.41) is 8.03. The van der Waals surface area contributed by atoms with E-state index in [1.165, 1.54) is 11.1 Å². The summed E-state index contributed by atoms with van der Waals surface area (Å²) in [6, 6.07) is 6.34. The van der Waals surface area contributed by atoms with Crippen LogP contribution in [0.15, 0.2) is 24.4 Å². The van der Waals surface area contributed by atoms with E-state index in [4.69, 9.17) is 5.73 Å². The Hall–Kier alpha value is -1.68. The lowest BCUT2D eigenvalue weighted by molar-refractivity contribution is 0.754. The van der Waals surface area contributed by atoms with Crippen molar-refractivity contribution in [1.82, 2.24) is 15.0 Å². The van der Waals surface area contributed by atoms with Crippen molar-refractivity contribution in [3.63, 3.8) is 0 Å². The van der Waals surface area contributed by atoms with Crippen LogP contribution in [0.1, 0.15) is 16.8 Å². The lowest BCUT2D eigenvalue weighted by Gasteiger charge is -2.07. The van der Waals surface area contributed by atoms with Gasteiger partial charge in [0.15, 0.2) is 0 Å². The molecular weight excluding hydrogens is 200 g/mol. The summed E-state index contributed by atoms with van der Waals surface area (Å²) in [7, 11) is 0. The Kier molecular flexibility index (Phi) is 3.01. The van der Waals surface area contributed by atoms with Crippen LogP contribution in [0.4, 0.5) is 0 Å². The van der Waals surface area contributed by atoms with Crippen molar-refractivity contribution in [2.75, 3.05) is 6.54 Å². The molecule has 4 heteroatoms. The van der Waals surface area contributed by atoms with Crippen LogP contribution in [-0.4, -0.2) is 21.5 Å². The molecule has 0 fully saturated rings. The van der Waals surface area contributed by atoms with Crippen molar-refractivity contribution in [1.29, 1.82) is 0 Å². The van der Waals surface area contributed by atoms with Gasteiger partial charge in [0.25, 0.3) is 0 Å². The molecule has 0 unspecified atom stereocenters. The van der Waals surface area contributed by atoms with Gasteiger partial charge in [0, 0.05) is 6.42 Å².